The van der Waals surface area contributed by atoms with Crippen molar-refractivity contribution in [3.05, 3.63) is 70.1 Å². The Labute approximate surface area is 227 Å². The van der Waals surface area contributed by atoms with Crippen molar-refractivity contribution in [3.8, 4) is 0 Å². The molecule has 0 bridgehead atoms. The van der Waals surface area contributed by atoms with Crippen molar-refractivity contribution in [1.82, 2.24) is 24.5 Å². The number of alkyl halides is 2. The second-order valence-corrected chi connectivity index (χ2v) is 9.90. The van der Waals surface area contributed by atoms with Gasteiger partial charge in [0, 0.05) is 61.8 Å². The predicted molar refractivity (Wildman–Crippen MR) is 146 cm³/mol. The molecule has 204 valence electrons. The molecule has 0 saturated carbocycles. The first-order valence-electron chi connectivity index (χ1n) is 12.4. The number of piperidine rings is 1. The molecule has 39 heavy (non-hydrogen) atoms. The number of halogens is 3. The molecular formula is C26H27ClF2N8O2. The molecule has 3 aromatic heterocycles. The lowest BCUT2D eigenvalue weighted by atomic mass is 9.94. The van der Waals surface area contributed by atoms with E-state index < -0.39 is 24.9 Å². The van der Waals surface area contributed by atoms with E-state index >= 15 is 0 Å². The Morgan fingerprint density at radius 2 is 2.00 bits per heavy atom. The van der Waals surface area contributed by atoms with Gasteiger partial charge in [0.2, 0.25) is 5.95 Å². The average Bonchev–Trinajstić information content (AvgIpc) is 2.93. The number of benzene rings is 1. The monoisotopic (exact) mass is 556 g/mol. The Morgan fingerprint density at radius 1 is 1.23 bits per heavy atom. The van der Waals surface area contributed by atoms with Gasteiger partial charge in [0.25, 0.3) is 11.5 Å². The minimum atomic E-state index is -2.94. The number of aliphatic hydroxyl groups excluding tert-OH is 1. The highest BCUT2D eigenvalue weighted by atomic mass is 35.5. The number of nitrogens with zero attached hydrogens (tertiary/aromatic N) is 6. The van der Waals surface area contributed by atoms with Gasteiger partial charge in [0.15, 0.2) is 5.82 Å². The summed E-state index contributed by atoms with van der Waals surface area (Å²) in [6, 6.07) is 8.44. The summed E-state index contributed by atoms with van der Waals surface area (Å²) in [6.07, 6.45) is 4.32. The van der Waals surface area contributed by atoms with Crippen molar-refractivity contribution in [2.24, 2.45) is 13.0 Å². The van der Waals surface area contributed by atoms with Gasteiger partial charge in [0.1, 0.15) is 10.8 Å². The Bertz CT molecular complexity index is 1550. The predicted octanol–water partition coefficient (Wildman–Crippen LogP) is 4.14. The van der Waals surface area contributed by atoms with Crippen molar-refractivity contribution in [1.29, 1.82) is 0 Å². The molecule has 1 aromatic carbocycles. The van der Waals surface area contributed by atoms with Gasteiger partial charge in [-0.1, -0.05) is 11.6 Å². The summed E-state index contributed by atoms with van der Waals surface area (Å²) in [5.41, 5.74) is 1.77. The van der Waals surface area contributed by atoms with Crippen LogP contribution < -0.4 is 21.1 Å². The maximum Gasteiger partial charge on any atom is 0.256 e. The number of rotatable bonds is 7. The minimum Gasteiger partial charge on any atom is -0.396 e. The van der Waals surface area contributed by atoms with Gasteiger partial charge in [0.05, 0.1) is 30.3 Å². The molecule has 4 aromatic rings. The standard InChI is InChI=1S/C26H27ClF2N8O2/c1-15(23-30-7-3-8-31-23)33-20-11-22(39)36(2)21-5-4-17(10-18(20)21)34-24-19(27)12-32-25(35-24)37-9-6-26(28,29)16(13-37)14-38/h3-5,7-8,10-12,15-16,33,38H,6,9,13-14H2,1-2H3,(H,32,34,35). The average molecular weight is 557 g/mol. The van der Waals surface area contributed by atoms with Crippen molar-refractivity contribution < 1.29 is 13.9 Å². The number of nitrogens with one attached hydrogen (secondary N) is 2. The Kier molecular flexibility index (Phi) is 7.32. The smallest absolute Gasteiger partial charge is 0.256 e. The van der Waals surface area contributed by atoms with Crippen molar-refractivity contribution >= 4 is 45.6 Å². The van der Waals surface area contributed by atoms with Crippen LogP contribution in [-0.4, -0.2) is 55.2 Å². The molecule has 10 nitrogen and oxygen atoms in total. The molecule has 1 aliphatic heterocycles. The first-order valence-corrected chi connectivity index (χ1v) is 12.7. The summed E-state index contributed by atoms with van der Waals surface area (Å²) >= 11 is 6.38. The number of hydrogen-bond acceptors (Lipinski definition) is 9. The van der Waals surface area contributed by atoms with E-state index in [1.54, 1.807) is 41.0 Å². The van der Waals surface area contributed by atoms with Gasteiger partial charge >= 0.3 is 0 Å². The third-order valence-corrected chi connectivity index (χ3v) is 7.12. The van der Waals surface area contributed by atoms with Gasteiger partial charge in [-0.3, -0.25) is 4.79 Å². The lowest BCUT2D eigenvalue weighted by Crippen LogP contribution is -2.49. The Balaban J connectivity index is 1.45. The van der Waals surface area contributed by atoms with Gasteiger partial charge in [-0.2, -0.15) is 4.98 Å². The van der Waals surface area contributed by atoms with Crippen molar-refractivity contribution in [2.75, 3.05) is 35.2 Å². The highest BCUT2D eigenvalue weighted by molar-refractivity contribution is 6.32. The van der Waals surface area contributed by atoms with Crippen LogP contribution in [-0.2, 0) is 7.05 Å². The largest absolute Gasteiger partial charge is 0.396 e. The van der Waals surface area contributed by atoms with E-state index in [9.17, 15) is 18.7 Å². The Morgan fingerprint density at radius 3 is 2.74 bits per heavy atom. The van der Waals surface area contributed by atoms with Crippen LogP contribution in [0.3, 0.4) is 0 Å². The summed E-state index contributed by atoms with van der Waals surface area (Å²) in [7, 11) is 1.70. The number of aromatic nitrogens is 5. The van der Waals surface area contributed by atoms with Gasteiger partial charge in [-0.15, -0.1) is 0 Å². The van der Waals surface area contributed by atoms with Gasteiger partial charge in [-0.25, -0.2) is 23.7 Å². The highest BCUT2D eigenvalue weighted by Gasteiger charge is 2.44. The molecule has 2 unspecified atom stereocenters. The Hall–Kier alpha value is -3.90. The van der Waals surface area contributed by atoms with E-state index in [0.29, 0.717) is 28.5 Å². The maximum absolute atomic E-state index is 14.1. The van der Waals surface area contributed by atoms with E-state index in [2.05, 4.69) is 30.6 Å². The molecule has 0 aliphatic carbocycles. The minimum absolute atomic E-state index is 0.0485. The van der Waals surface area contributed by atoms with Crippen molar-refractivity contribution in [3.63, 3.8) is 0 Å². The molecule has 13 heteroatoms. The lowest BCUT2D eigenvalue weighted by molar-refractivity contribution is -0.0881. The lowest BCUT2D eigenvalue weighted by Gasteiger charge is -2.37. The van der Waals surface area contributed by atoms with Crippen LogP contribution in [0.1, 0.15) is 25.2 Å². The van der Waals surface area contributed by atoms with Crippen LogP contribution >= 0.6 is 11.6 Å². The van der Waals surface area contributed by atoms with Crippen LogP contribution in [0.2, 0.25) is 5.02 Å². The molecule has 2 atom stereocenters. The van der Waals surface area contributed by atoms with Crippen LogP contribution in [0, 0.1) is 5.92 Å². The third kappa shape index (κ3) is 5.48. The first kappa shape index (κ1) is 26.7. The number of pyridine rings is 1. The fraction of sp³-hybridized carbons (Fsp3) is 0.346. The number of aryl methyl sites for hydroxylation is 1. The van der Waals surface area contributed by atoms with Crippen LogP contribution in [0.25, 0.3) is 10.9 Å². The fourth-order valence-corrected chi connectivity index (χ4v) is 4.72. The molecule has 3 N–H and O–H groups in total. The fourth-order valence-electron chi connectivity index (χ4n) is 4.58. The zero-order valence-corrected chi connectivity index (χ0v) is 22.0. The zero-order chi connectivity index (χ0) is 27.7. The van der Waals surface area contributed by atoms with E-state index in [4.69, 9.17) is 11.6 Å². The summed E-state index contributed by atoms with van der Waals surface area (Å²) in [4.78, 5) is 31.5. The second-order valence-electron chi connectivity index (χ2n) is 9.49. The molecule has 0 amide bonds. The SMILES string of the molecule is CC(Nc1cc(=O)n(C)c2ccc(Nc3nc(N4CCC(F)(F)C(CO)C4)ncc3Cl)cc12)c1ncccn1. The maximum atomic E-state index is 14.1. The summed E-state index contributed by atoms with van der Waals surface area (Å²) in [5, 5.41) is 17.0. The zero-order valence-electron chi connectivity index (χ0n) is 21.3. The van der Waals surface area contributed by atoms with Crippen LogP contribution in [0.4, 0.5) is 31.9 Å². The third-order valence-electron chi connectivity index (χ3n) is 6.84. The van der Waals surface area contributed by atoms with Gasteiger partial charge in [-0.05, 0) is 31.2 Å². The number of hydrogen-bond donors (Lipinski definition) is 3. The van der Waals surface area contributed by atoms with E-state index in [1.165, 1.54) is 12.3 Å². The summed E-state index contributed by atoms with van der Waals surface area (Å²) < 4.78 is 29.7. The molecule has 4 heterocycles. The number of aliphatic hydroxyl groups is 1. The molecule has 1 saturated heterocycles. The van der Waals surface area contributed by atoms with Crippen LogP contribution in [0.15, 0.2) is 53.7 Å². The number of fused-ring (bicyclic) bond motifs is 1. The van der Waals surface area contributed by atoms with E-state index in [-0.39, 0.29) is 35.7 Å². The van der Waals surface area contributed by atoms with E-state index in [0.717, 1.165) is 5.39 Å². The number of anilines is 4. The van der Waals surface area contributed by atoms with E-state index in [1.807, 2.05) is 19.1 Å². The first-order chi connectivity index (χ1) is 18.7. The molecular weight excluding hydrogens is 530 g/mol. The van der Waals surface area contributed by atoms with Crippen molar-refractivity contribution in [2.45, 2.75) is 25.3 Å². The molecule has 1 aliphatic rings. The second kappa shape index (κ2) is 10.7. The molecule has 0 radical (unpaired) electrons. The van der Waals surface area contributed by atoms with Crippen LogP contribution in [0.5, 0.6) is 0 Å². The molecule has 1 fully saturated rings. The quantitative estimate of drug-likeness (QED) is 0.308. The summed E-state index contributed by atoms with van der Waals surface area (Å²) in [5.74, 6) is -3.04. The molecule has 0 spiro atoms. The van der Waals surface area contributed by atoms with Gasteiger partial charge < -0.3 is 25.2 Å². The highest BCUT2D eigenvalue weighted by Crippen LogP contribution is 2.35. The normalized spacial score (nSPS) is 17.7. The summed E-state index contributed by atoms with van der Waals surface area (Å²) in [6.45, 7) is 1.24. The topological polar surface area (TPSA) is 121 Å². The molecule has 5 rings (SSSR count).